The summed E-state index contributed by atoms with van der Waals surface area (Å²) >= 11 is 0. The predicted octanol–water partition coefficient (Wildman–Crippen LogP) is 1.81. The maximum Gasteiger partial charge on any atom is 0.333 e. The van der Waals surface area contributed by atoms with E-state index in [2.05, 4.69) is 13.2 Å². The van der Waals surface area contributed by atoms with Gasteiger partial charge in [0.25, 0.3) is 0 Å². The quantitative estimate of drug-likeness (QED) is 0.205. The summed E-state index contributed by atoms with van der Waals surface area (Å²) < 4.78 is 15.8. The number of ether oxygens (including phenoxy) is 2. The first-order valence-electron chi connectivity index (χ1n) is 8.18. The molecule has 0 unspecified atom stereocenters. The lowest BCUT2D eigenvalue weighted by Gasteiger charge is -2.06. The van der Waals surface area contributed by atoms with Crippen LogP contribution in [-0.2, 0) is 23.2 Å². The molecule has 0 spiro atoms. The summed E-state index contributed by atoms with van der Waals surface area (Å²) in [6.45, 7) is 11.3. The number of unbranched alkanes of at least 4 members (excludes halogenated alkanes) is 2. The highest BCUT2D eigenvalue weighted by Gasteiger charge is 2.03. The van der Waals surface area contributed by atoms with Crippen molar-refractivity contribution >= 4 is 31.5 Å². The summed E-state index contributed by atoms with van der Waals surface area (Å²) in [6.07, 6.45) is 3.90. The summed E-state index contributed by atoms with van der Waals surface area (Å²) in [6, 6.07) is 2.27. The maximum absolute atomic E-state index is 11.1. The third-order valence-corrected chi connectivity index (χ3v) is 6.92. The van der Waals surface area contributed by atoms with Crippen LogP contribution in [0.5, 0.6) is 0 Å². The van der Waals surface area contributed by atoms with Gasteiger partial charge in [-0.1, -0.05) is 26.0 Å². The van der Waals surface area contributed by atoms with Crippen LogP contribution >= 0.6 is 0 Å². The lowest BCUT2D eigenvalue weighted by atomic mass is 10.3. The van der Waals surface area contributed by atoms with Crippen LogP contribution in [0.15, 0.2) is 24.3 Å². The van der Waals surface area contributed by atoms with Gasteiger partial charge in [0.15, 0.2) is 0 Å². The molecule has 0 aliphatic rings. The molecule has 0 radical (unpaired) electrons. The van der Waals surface area contributed by atoms with Crippen molar-refractivity contribution < 1.29 is 23.2 Å². The predicted molar refractivity (Wildman–Crippen MR) is 97.8 cm³/mol. The van der Waals surface area contributed by atoms with Crippen molar-refractivity contribution in [2.45, 2.75) is 51.6 Å². The molecular formula is C16H30O5Si2. The van der Waals surface area contributed by atoms with E-state index in [4.69, 9.17) is 13.6 Å². The molecule has 0 amide bonds. The summed E-state index contributed by atoms with van der Waals surface area (Å²) in [5.41, 5.74) is 0.895. The van der Waals surface area contributed by atoms with E-state index >= 15 is 0 Å². The van der Waals surface area contributed by atoms with Crippen LogP contribution in [-0.4, -0.2) is 44.7 Å². The molecule has 7 heteroatoms. The zero-order valence-corrected chi connectivity index (χ0v) is 17.4. The Bertz CT molecular complexity index is 360. The molecule has 0 heterocycles. The molecule has 132 valence electrons. The second-order valence-electron chi connectivity index (χ2n) is 5.57. The van der Waals surface area contributed by atoms with Crippen LogP contribution in [0.4, 0.5) is 0 Å². The number of hydrogen-bond acceptors (Lipinski definition) is 5. The van der Waals surface area contributed by atoms with Gasteiger partial charge in [0.2, 0.25) is 0 Å². The summed E-state index contributed by atoms with van der Waals surface area (Å²) in [4.78, 5) is 22.3. The molecule has 0 aromatic heterocycles. The van der Waals surface area contributed by atoms with Crippen molar-refractivity contribution in [2.75, 3.05) is 13.2 Å². The largest absolute Gasteiger partial charge is 0.465 e. The monoisotopic (exact) mass is 358 g/mol. The van der Waals surface area contributed by atoms with Crippen molar-refractivity contribution in [1.82, 2.24) is 0 Å². The Morgan fingerprint density at radius 1 is 0.783 bits per heavy atom. The number of rotatable bonds is 14. The van der Waals surface area contributed by atoms with Crippen LogP contribution in [0.2, 0.25) is 12.1 Å². The summed E-state index contributed by atoms with van der Waals surface area (Å²) in [5, 5.41) is 0. The molecular weight excluding hydrogens is 328 g/mol. The van der Waals surface area contributed by atoms with Gasteiger partial charge in [-0.3, -0.25) is 0 Å². The molecule has 0 aromatic carbocycles. The fourth-order valence-corrected chi connectivity index (χ4v) is 5.21. The summed E-state index contributed by atoms with van der Waals surface area (Å²) in [7, 11) is -0.816. The van der Waals surface area contributed by atoms with Gasteiger partial charge in [-0.2, -0.15) is 0 Å². The molecule has 0 bridgehead atoms. The first-order valence-corrected chi connectivity index (χ1v) is 11.3. The minimum Gasteiger partial charge on any atom is -0.465 e. The number of esters is 2. The van der Waals surface area contributed by atoms with Crippen molar-refractivity contribution in [3.8, 4) is 0 Å². The van der Waals surface area contributed by atoms with E-state index < -0.39 is 19.5 Å². The van der Waals surface area contributed by atoms with Gasteiger partial charge in [-0.15, -0.1) is 0 Å². The lowest BCUT2D eigenvalue weighted by Crippen LogP contribution is -2.08. The Kier molecular flexibility index (Phi) is 13.7. The first-order chi connectivity index (χ1) is 10.9. The standard InChI is InChI=1S/C16H30O5Si2/c1-13(2)15(17)19-9-5-7-11-22-21-23-12-8-6-10-20-16(18)14(3)4/h1,3,5-12,22-23H2,2,4H3. The van der Waals surface area contributed by atoms with Gasteiger partial charge < -0.3 is 13.6 Å². The van der Waals surface area contributed by atoms with Gasteiger partial charge in [0, 0.05) is 11.1 Å². The molecule has 0 aliphatic heterocycles. The molecule has 0 atom stereocenters. The second-order valence-corrected chi connectivity index (χ2v) is 9.43. The normalized spacial score (nSPS) is 11.2. The van der Waals surface area contributed by atoms with Crippen molar-refractivity contribution in [1.29, 1.82) is 0 Å². The molecule has 0 rings (SSSR count). The Labute approximate surface area is 144 Å². The van der Waals surface area contributed by atoms with E-state index in [1.807, 2.05) is 0 Å². The Morgan fingerprint density at radius 2 is 1.17 bits per heavy atom. The Hall–Kier alpha value is -1.19. The lowest BCUT2D eigenvalue weighted by molar-refractivity contribution is -0.139. The molecule has 0 aromatic rings. The molecule has 5 nitrogen and oxygen atoms in total. The van der Waals surface area contributed by atoms with Crippen molar-refractivity contribution in [3.63, 3.8) is 0 Å². The van der Waals surface area contributed by atoms with E-state index in [9.17, 15) is 9.59 Å². The van der Waals surface area contributed by atoms with Crippen LogP contribution < -0.4 is 0 Å². The fraction of sp³-hybridized carbons (Fsp3) is 0.625. The van der Waals surface area contributed by atoms with E-state index in [0.29, 0.717) is 24.4 Å². The van der Waals surface area contributed by atoms with Gasteiger partial charge >= 0.3 is 11.9 Å². The highest BCUT2D eigenvalue weighted by molar-refractivity contribution is 6.42. The number of carbonyl (C=O) groups is 2. The Balaban J connectivity index is 3.19. The Morgan fingerprint density at radius 3 is 1.52 bits per heavy atom. The SMILES string of the molecule is C=C(C)C(=O)OCCCC[SiH2]O[SiH2]CCCCOC(=O)C(=C)C. The van der Waals surface area contributed by atoms with Crippen LogP contribution in [0.25, 0.3) is 0 Å². The molecule has 0 saturated heterocycles. The van der Waals surface area contributed by atoms with E-state index in [-0.39, 0.29) is 11.9 Å². The summed E-state index contributed by atoms with van der Waals surface area (Å²) in [5.74, 6) is -0.611. The maximum atomic E-state index is 11.1. The van der Waals surface area contributed by atoms with E-state index in [0.717, 1.165) is 37.8 Å². The highest BCUT2D eigenvalue weighted by atomic mass is 28.3. The van der Waals surface area contributed by atoms with Crippen molar-refractivity contribution in [3.05, 3.63) is 24.3 Å². The van der Waals surface area contributed by atoms with Gasteiger partial charge in [0.05, 0.1) is 13.2 Å². The third-order valence-electron chi connectivity index (χ3n) is 3.03. The fourth-order valence-electron chi connectivity index (χ4n) is 1.64. The highest BCUT2D eigenvalue weighted by Crippen LogP contribution is 2.01. The number of hydrogen-bond donors (Lipinski definition) is 0. The zero-order chi connectivity index (χ0) is 17.5. The first kappa shape index (κ1) is 21.8. The second kappa shape index (κ2) is 14.4. The van der Waals surface area contributed by atoms with Gasteiger partial charge in [0.1, 0.15) is 19.5 Å². The zero-order valence-electron chi connectivity index (χ0n) is 14.5. The molecule has 0 fully saturated rings. The molecule has 0 saturated carbocycles. The van der Waals surface area contributed by atoms with Crippen molar-refractivity contribution in [2.24, 2.45) is 0 Å². The van der Waals surface area contributed by atoms with E-state index in [1.165, 1.54) is 0 Å². The number of carbonyl (C=O) groups excluding carboxylic acids is 2. The van der Waals surface area contributed by atoms with Crippen LogP contribution in [0, 0.1) is 0 Å². The average Bonchev–Trinajstić information content (AvgIpc) is 2.50. The minimum absolute atomic E-state index is 0.306. The minimum atomic E-state index is -0.408. The molecule has 0 N–H and O–H groups in total. The molecule has 23 heavy (non-hydrogen) atoms. The smallest absolute Gasteiger partial charge is 0.333 e. The van der Waals surface area contributed by atoms with Crippen LogP contribution in [0.3, 0.4) is 0 Å². The van der Waals surface area contributed by atoms with Crippen LogP contribution in [0.1, 0.15) is 39.5 Å². The molecule has 0 aliphatic carbocycles. The van der Waals surface area contributed by atoms with Gasteiger partial charge in [-0.05, 0) is 38.8 Å². The third kappa shape index (κ3) is 14.2. The average molecular weight is 359 g/mol. The van der Waals surface area contributed by atoms with E-state index in [1.54, 1.807) is 13.8 Å². The van der Waals surface area contributed by atoms with Gasteiger partial charge in [-0.25, -0.2) is 9.59 Å². The topological polar surface area (TPSA) is 61.8 Å².